The van der Waals surface area contributed by atoms with Crippen molar-refractivity contribution in [2.45, 2.75) is 55.7 Å². The number of aryl methyl sites for hydroxylation is 1. The first-order chi connectivity index (χ1) is 11.7. The smallest absolute Gasteiger partial charge is 0.251 e. The number of hydrogen-bond acceptors (Lipinski definition) is 2. The van der Waals surface area contributed by atoms with E-state index in [-0.39, 0.29) is 5.91 Å². The molecule has 1 amide bonds. The van der Waals surface area contributed by atoms with Crippen molar-refractivity contribution in [1.82, 2.24) is 5.32 Å². The maximum atomic E-state index is 12.3. The second kappa shape index (κ2) is 8.39. The highest BCUT2D eigenvalue weighted by molar-refractivity contribution is 7.98. The van der Waals surface area contributed by atoms with Gasteiger partial charge in [-0.05, 0) is 49.6 Å². The maximum Gasteiger partial charge on any atom is 0.251 e. The van der Waals surface area contributed by atoms with E-state index in [1.165, 1.54) is 35.3 Å². The van der Waals surface area contributed by atoms with Crippen molar-refractivity contribution in [3.05, 3.63) is 65.2 Å². The van der Waals surface area contributed by atoms with Crippen LogP contribution in [0.15, 0.2) is 53.4 Å². The Morgan fingerprint density at radius 3 is 2.33 bits per heavy atom. The Kier molecular flexibility index (Phi) is 5.97. The Labute approximate surface area is 149 Å². The lowest BCUT2D eigenvalue weighted by atomic mass is 9.95. The van der Waals surface area contributed by atoms with Crippen LogP contribution >= 0.6 is 11.8 Å². The van der Waals surface area contributed by atoms with Crippen LogP contribution in [0, 0.1) is 6.92 Å². The first-order valence-electron chi connectivity index (χ1n) is 8.80. The van der Waals surface area contributed by atoms with E-state index in [1.807, 2.05) is 23.9 Å². The summed E-state index contributed by atoms with van der Waals surface area (Å²) in [7, 11) is 0. The zero-order valence-electron chi connectivity index (χ0n) is 14.3. The van der Waals surface area contributed by atoms with E-state index in [0.717, 1.165) is 24.2 Å². The molecule has 2 nitrogen and oxygen atoms in total. The molecule has 2 aromatic carbocycles. The number of thioether (sulfide) groups is 1. The van der Waals surface area contributed by atoms with Crippen molar-refractivity contribution < 1.29 is 4.79 Å². The van der Waals surface area contributed by atoms with Gasteiger partial charge in [0, 0.05) is 22.3 Å². The molecular formula is C21H25NOS. The molecule has 1 N–H and O–H groups in total. The summed E-state index contributed by atoms with van der Waals surface area (Å²) in [6.07, 6.45) is 6.02. The van der Waals surface area contributed by atoms with Gasteiger partial charge >= 0.3 is 0 Å². The zero-order chi connectivity index (χ0) is 16.8. The molecule has 0 aliphatic heterocycles. The fourth-order valence-corrected chi connectivity index (χ4v) is 3.92. The van der Waals surface area contributed by atoms with E-state index >= 15 is 0 Å². The summed E-state index contributed by atoms with van der Waals surface area (Å²) in [5.74, 6) is 0.993. The number of amides is 1. The highest BCUT2D eigenvalue weighted by Crippen LogP contribution is 2.23. The molecular weight excluding hydrogens is 314 g/mol. The standard InChI is InChI=1S/C21H25NOS/c1-16-7-13-20(14-8-16)24-15-17-9-11-18(12-10-17)21(23)22-19-5-3-2-4-6-19/h7-14,19H,2-6,15H2,1H3,(H,22,23). The van der Waals surface area contributed by atoms with Crippen LogP contribution in [0.4, 0.5) is 0 Å². The number of carbonyl (C=O) groups is 1. The summed E-state index contributed by atoms with van der Waals surface area (Å²) in [6.45, 7) is 2.10. The molecule has 0 bridgehead atoms. The van der Waals surface area contributed by atoms with Crippen molar-refractivity contribution in [2.24, 2.45) is 0 Å². The highest BCUT2D eigenvalue weighted by atomic mass is 32.2. The summed E-state index contributed by atoms with van der Waals surface area (Å²) in [4.78, 5) is 13.6. The van der Waals surface area contributed by atoms with E-state index in [4.69, 9.17) is 0 Å². The van der Waals surface area contributed by atoms with Gasteiger partial charge in [-0.3, -0.25) is 4.79 Å². The first kappa shape index (κ1) is 17.1. The van der Waals surface area contributed by atoms with Crippen LogP contribution in [0.1, 0.15) is 53.6 Å². The van der Waals surface area contributed by atoms with E-state index in [2.05, 4.69) is 48.6 Å². The van der Waals surface area contributed by atoms with Gasteiger partial charge < -0.3 is 5.32 Å². The van der Waals surface area contributed by atoms with Crippen molar-refractivity contribution in [3.8, 4) is 0 Å². The van der Waals surface area contributed by atoms with Gasteiger partial charge in [0.15, 0.2) is 0 Å². The van der Waals surface area contributed by atoms with Gasteiger partial charge in [0.05, 0.1) is 0 Å². The zero-order valence-corrected chi connectivity index (χ0v) is 15.1. The number of rotatable bonds is 5. The Morgan fingerprint density at radius 1 is 1.00 bits per heavy atom. The van der Waals surface area contributed by atoms with Gasteiger partial charge in [-0.25, -0.2) is 0 Å². The topological polar surface area (TPSA) is 29.1 Å². The molecule has 3 heteroatoms. The summed E-state index contributed by atoms with van der Waals surface area (Å²) in [5.41, 5.74) is 3.30. The second-order valence-electron chi connectivity index (χ2n) is 6.61. The Bertz CT molecular complexity index is 657. The SMILES string of the molecule is Cc1ccc(SCc2ccc(C(=O)NC3CCCCC3)cc2)cc1. The molecule has 0 atom stereocenters. The Hall–Kier alpha value is -1.74. The molecule has 1 saturated carbocycles. The minimum absolute atomic E-state index is 0.0691. The van der Waals surface area contributed by atoms with Crippen LogP contribution in [0.5, 0.6) is 0 Å². The number of benzene rings is 2. The molecule has 2 aromatic rings. The monoisotopic (exact) mass is 339 g/mol. The molecule has 0 radical (unpaired) electrons. The van der Waals surface area contributed by atoms with Crippen LogP contribution in [-0.4, -0.2) is 11.9 Å². The Balaban J connectivity index is 1.52. The van der Waals surface area contributed by atoms with E-state index < -0.39 is 0 Å². The van der Waals surface area contributed by atoms with Gasteiger partial charge in [0.1, 0.15) is 0 Å². The highest BCUT2D eigenvalue weighted by Gasteiger charge is 2.16. The lowest BCUT2D eigenvalue weighted by molar-refractivity contribution is 0.0927. The number of hydrogen-bond donors (Lipinski definition) is 1. The van der Waals surface area contributed by atoms with Crippen LogP contribution < -0.4 is 5.32 Å². The van der Waals surface area contributed by atoms with Crippen molar-refractivity contribution in [3.63, 3.8) is 0 Å². The fourth-order valence-electron chi connectivity index (χ4n) is 3.07. The van der Waals surface area contributed by atoms with Gasteiger partial charge in [-0.1, -0.05) is 49.1 Å². The summed E-state index contributed by atoms with van der Waals surface area (Å²) in [6, 6.07) is 17.0. The lowest BCUT2D eigenvalue weighted by Crippen LogP contribution is -2.36. The predicted molar refractivity (Wildman–Crippen MR) is 102 cm³/mol. The molecule has 3 rings (SSSR count). The third kappa shape index (κ3) is 4.88. The minimum Gasteiger partial charge on any atom is -0.349 e. The molecule has 0 spiro atoms. The fraction of sp³-hybridized carbons (Fsp3) is 0.381. The first-order valence-corrected chi connectivity index (χ1v) is 9.78. The summed E-state index contributed by atoms with van der Waals surface area (Å²) < 4.78 is 0. The van der Waals surface area contributed by atoms with Gasteiger partial charge in [-0.2, -0.15) is 0 Å². The quantitative estimate of drug-likeness (QED) is 0.744. The summed E-state index contributed by atoms with van der Waals surface area (Å²) in [5, 5.41) is 3.17. The molecule has 1 aliphatic carbocycles. The normalized spacial score (nSPS) is 15.2. The van der Waals surface area contributed by atoms with Crippen molar-refractivity contribution >= 4 is 17.7 Å². The van der Waals surface area contributed by atoms with Crippen LogP contribution in [-0.2, 0) is 5.75 Å². The number of nitrogens with one attached hydrogen (secondary N) is 1. The minimum atomic E-state index is 0.0691. The largest absolute Gasteiger partial charge is 0.349 e. The van der Waals surface area contributed by atoms with E-state index in [1.54, 1.807) is 0 Å². The van der Waals surface area contributed by atoms with Crippen LogP contribution in [0.2, 0.25) is 0 Å². The molecule has 0 unspecified atom stereocenters. The van der Waals surface area contributed by atoms with Gasteiger partial charge in [0.2, 0.25) is 0 Å². The second-order valence-corrected chi connectivity index (χ2v) is 7.66. The average Bonchev–Trinajstić information content (AvgIpc) is 2.62. The van der Waals surface area contributed by atoms with E-state index in [0.29, 0.717) is 6.04 Å². The third-order valence-electron chi connectivity index (χ3n) is 4.58. The van der Waals surface area contributed by atoms with Crippen molar-refractivity contribution in [2.75, 3.05) is 0 Å². The average molecular weight is 340 g/mol. The van der Waals surface area contributed by atoms with Gasteiger partial charge in [0.25, 0.3) is 5.91 Å². The molecule has 0 aromatic heterocycles. The van der Waals surface area contributed by atoms with E-state index in [9.17, 15) is 4.79 Å². The van der Waals surface area contributed by atoms with Crippen LogP contribution in [0.3, 0.4) is 0 Å². The van der Waals surface area contributed by atoms with Gasteiger partial charge in [-0.15, -0.1) is 11.8 Å². The maximum absolute atomic E-state index is 12.3. The molecule has 1 fully saturated rings. The molecule has 0 heterocycles. The molecule has 1 aliphatic rings. The predicted octanol–water partition coefficient (Wildman–Crippen LogP) is 5.35. The molecule has 126 valence electrons. The third-order valence-corrected chi connectivity index (χ3v) is 5.67. The summed E-state index contributed by atoms with van der Waals surface area (Å²) >= 11 is 1.82. The molecule has 24 heavy (non-hydrogen) atoms. The molecule has 0 saturated heterocycles. The Morgan fingerprint density at radius 2 is 1.67 bits per heavy atom. The number of carbonyl (C=O) groups excluding carboxylic acids is 1. The lowest BCUT2D eigenvalue weighted by Gasteiger charge is -2.22. The van der Waals surface area contributed by atoms with Crippen molar-refractivity contribution in [1.29, 1.82) is 0 Å². The van der Waals surface area contributed by atoms with Crippen LogP contribution in [0.25, 0.3) is 0 Å².